The van der Waals surface area contributed by atoms with Gasteiger partial charge in [0.25, 0.3) is 0 Å². The van der Waals surface area contributed by atoms with Crippen molar-refractivity contribution in [1.82, 2.24) is 4.57 Å². The second kappa shape index (κ2) is 5.58. The van der Waals surface area contributed by atoms with E-state index in [9.17, 15) is 5.11 Å². The van der Waals surface area contributed by atoms with Crippen LogP contribution in [0.1, 0.15) is 0 Å². The Kier molecular flexibility index (Phi) is 3.47. The highest BCUT2D eigenvalue weighted by atomic mass is 16.3. The predicted molar refractivity (Wildman–Crippen MR) is 79.2 cm³/mol. The summed E-state index contributed by atoms with van der Waals surface area (Å²) in [5.41, 5.74) is 2.55. The van der Waals surface area contributed by atoms with Crippen LogP contribution in [0.3, 0.4) is 0 Å². The summed E-state index contributed by atoms with van der Waals surface area (Å²) < 4.78 is 4.01. The second-order valence-corrected chi connectivity index (χ2v) is 4.72. The van der Waals surface area contributed by atoms with E-state index in [1.165, 1.54) is 0 Å². The minimum atomic E-state index is 0.221. The van der Waals surface area contributed by atoms with Crippen LogP contribution >= 0.6 is 0 Å². The summed E-state index contributed by atoms with van der Waals surface area (Å²) in [6.45, 7) is 0. The fraction of sp³-hybridized carbons (Fsp3) is 0.0625. The molecule has 0 spiro atoms. The largest absolute Gasteiger partial charge is 0.508 e. The summed E-state index contributed by atoms with van der Waals surface area (Å²) in [7, 11) is 1.98. The Hall–Kier alpha value is -2.95. The Labute approximate surface area is 122 Å². The van der Waals surface area contributed by atoms with Crippen molar-refractivity contribution in [3.8, 4) is 11.4 Å². The third kappa shape index (κ3) is 3.14. The lowest BCUT2D eigenvalue weighted by molar-refractivity contribution is -0.670. The summed E-state index contributed by atoms with van der Waals surface area (Å²) in [6.07, 6.45) is 5.97. The quantitative estimate of drug-likeness (QED) is 0.579. The zero-order valence-electron chi connectivity index (χ0n) is 11.6. The molecule has 0 aliphatic heterocycles. The molecule has 0 unspecified atom stereocenters. The molecule has 0 saturated heterocycles. The SMILES string of the molecule is C[n+]1ccn(-c2ccc(N=Nc3ccc(O)cc3)cc2)c1. The molecule has 104 valence electrons. The average molecular weight is 279 g/mol. The molecule has 0 amide bonds. The highest BCUT2D eigenvalue weighted by Crippen LogP contribution is 2.21. The van der Waals surface area contributed by atoms with Crippen molar-refractivity contribution in [2.75, 3.05) is 0 Å². The second-order valence-electron chi connectivity index (χ2n) is 4.72. The van der Waals surface area contributed by atoms with Gasteiger partial charge in [-0.2, -0.15) is 10.2 Å². The van der Waals surface area contributed by atoms with Crippen molar-refractivity contribution in [2.45, 2.75) is 0 Å². The van der Waals surface area contributed by atoms with Crippen LogP contribution in [0.25, 0.3) is 5.69 Å². The van der Waals surface area contributed by atoms with Crippen LogP contribution in [0.2, 0.25) is 0 Å². The molecule has 1 heterocycles. The van der Waals surface area contributed by atoms with Gasteiger partial charge in [0.2, 0.25) is 6.33 Å². The van der Waals surface area contributed by atoms with E-state index in [0.717, 1.165) is 11.4 Å². The van der Waals surface area contributed by atoms with E-state index in [0.29, 0.717) is 5.69 Å². The molecule has 2 aromatic carbocycles. The number of hydrogen-bond donors (Lipinski definition) is 1. The van der Waals surface area contributed by atoms with Crippen molar-refractivity contribution in [3.63, 3.8) is 0 Å². The van der Waals surface area contributed by atoms with E-state index >= 15 is 0 Å². The summed E-state index contributed by atoms with van der Waals surface area (Å²) in [6, 6.07) is 14.4. The Morgan fingerprint density at radius 1 is 0.905 bits per heavy atom. The molecule has 5 nitrogen and oxygen atoms in total. The van der Waals surface area contributed by atoms with Crippen molar-refractivity contribution in [2.24, 2.45) is 17.3 Å². The van der Waals surface area contributed by atoms with Gasteiger partial charge in [0.05, 0.1) is 18.4 Å². The molecule has 0 saturated carbocycles. The predicted octanol–water partition coefficient (Wildman–Crippen LogP) is 3.42. The van der Waals surface area contributed by atoms with Crippen LogP contribution in [0.4, 0.5) is 11.4 Å². The van der Waals surface area contributed by atoms with Crippen LogP contribution in [0.5, 0.6) is 5.75 Å². The molecule has 21 heavy (non-hydrogen) atoms. The fourth-order valence-corrected chi connectivity index (χ4v) is 1.93. The Morgan fingerprint density at radius 3 is 2.00 bits per heavy atom. The zero-order chi connectivity index (χ0) is 14.7. The van der Waals surface area contributed by atoms with E-state index in [4.69, 9.17) is 0 Å². The number of phenolic OH excluding ortho intramolecular Hbond substituents is 1. The average Bonchev–Trinajstić information content (AvgIpc) is 2.94. The third-order valence-corrected chi connectivity index (χ3v) is 3.05. The number of rotatable bonds is 3. The first kappa shape index (κ1) is 13.1. The van der Waals surface area contributed by atoms with Crippen molar-refractivity contribution < 1.29 is 9.67 Å². The molecular formula is C16H15N4O+. The monoisotopic (exact) mass is 279 g/mol. The number of aromatic nitrogens is 2. The van der Waals surface area contributed by atoms with Crippen LogP contribution in [-0.2, 0) is 7.05 Å². The lowest BCUT2D eigenvalue weighted by Crippen LogP contribution is -2.23. The van der Waals surface area contributed by atoms with Crippen LogP contribution in [0.15, 0.2) is 77.5 Å². The molecule has 0 fully saturated rings. The molecule has 0 atom stereocenters. The van der Waals surface area contributed by atoms with Gasteiger partial charge in [-0.1, -0.05) is 0 Å². The van der Waals surface area contributed by atoms with Gasteiger partial charge in [0.15, 0.2) is 0 Å². The van der Waals surface area contributed by atoms with E-state index in [1.807, 2.05) is 59.2 Å². The van der Waals surface area contributed by atoms with Crippen molar-refractivity contribution in [3.05, 3.63) is 67.3 Å². The highest BCUT2D eigenvalue weighted by molar-refractivity contribution is 5.45. The molecule has 3 aromatic rings. The van der Waals surface area contributed by atoms with Crippen LogP contribution < -0.4 is 4.57 Å². The van der Waals surface area contributed by atoms with Gasteiger partial charge in [-0.05, 0) is 48.5 Å². The Balaban J connectivity index is 1.76. The fourth-order valence-electron chi connectivity index (χ4n) is 1.93. The first-order valence-electron chi connectivity index (χ1n) is 6.55. The summed E-state index contributed by atoms with van der Waals surface area (Å²) in [4.78, 5) is 0. The molecular weight excluding hydrogens is 264 g/mol. The van der Waals surface area contributed by atoms with E-state index in [-0.39, 0.29) is 5.75 Å². The molecule has 0 radical (unpaired) electrons. The lowest BCUT2D eigenvalue weighted by atomic mass is 10.3. The van der Waals surface area contributed by atoms with Crippen molar-refractivity contribution in [1.29, 1.82) is 0 Å². The normalized spacial score (nSPS) is 11.1. The first-order valence-corrected chi connectivity index (χ1v) is 6.55. The standard InChI is InChI=1S/C16H14N4O/c1-19-10-11-20(12-19)15-6-2-13(3-7-15)17-18-14-4-8-16(21)9-5-14/h2-12H,1H3/p+1. The number of phenols is 1. The molecule has 3 rings (SSSR count). The van der Waals surface area contributed by atoms with E-state index < -0.39 is 0 Å². The zero-order valence-corrected chi connectivity index (χ0v) is 11.6. The topological polar surface area (TPSA) is 53.8 Å². The number of azo groups is 1. The number of imidazole rings is 1. The van der Waals surface area contributed by atoms with Crippen LogP contribution in [-0.4, -0.2) is 9.67 Å². The number of aryl methyl sites for hydroxylation is 1. The van der Waals surface area contributed by atoms with Gasteiger partial charge < -0.3 is 5.11 Å². The minimum Gasteiger partial charge on any atom is -0.508 e. The van der Waals surface area contributed by atoms with E-state index in [1.54, 1.807) is 24.3 Å². The van der Waals surface area contributed by atoms with Gasteiger partial charge in [-0.25, -0.2) is 9.13 Å². The Bertz CT molecular complexity index is 758. The van der Waals surface area contributed by atoms with Gasteiger partial charge in [-0.15, -0.1) is 0 Å². The summed E-state index contributed by atoms with van der Waals surface area (Å²) in [5.74, 6) is 0.221. The third-order valence-electron chi connectivity index (χ3n) is 3.05. The number of nitrogens with zero attached hydrogens (tertiary/aromatic N) is 4. The van der Waals surface area contributed by atoms with Gasteiger partial charge in [0, 0.05) is 0 Å². The number of benzene rings is 2. The van der Waals surface area contributed by atoms with Gasteiger partial charge in [-0.3, -0.25) is 0 Å². The molecule has 0 bridgehead atoms. The van der Waals surface area contributed by atoms with Gasteiger partial charge >= 0.3 is 0 Å². The molecule has 1 N–H and O–H groups in total. The summed E-state index contributed by atoms with van der Waals surface area (Å²) in [5, 5.41) is 17.5. The molecule has 1 aromatic heterocycles. The first-order chi connectivity index (χ1) is 10.2. The summed E-state index contributed by atoms with van der Waals surface area (Å²) >= 11 is 0. The molecule has 5 heteroatoms. The number of hydrogen-bond acceptors (Lipinski definition) is 3. The highest BCUT2D eigenvalue weighted by Gasteiger charge is 2.03. The maximum atomic E-state index is 9.21. The molecule has 0 aliphatic carbocycles. The number of aromatic hydroxyl groups is 1. The minimum absolute atomic E-state index is 0.221. The lowest BCUT2D eigenvalue weighted by Gasteiger charge is -1.97. The van der Waals surface area contributed by atoms with Gasteiger partial charge in [0.1, 0.15) is 23.8 Å². The van der Waals surface area contributed by atoms with Crippen LogP contribution in [0, 0.1) is 0 Å². The maximum absolute atomic E-state index is 9.21. The Morgan fingerprint density at radius 2 is 1.48 bits per heavy atom. The molecule has 0 aliphatic rings. The smallest absolute Gasteiger partial charge is 0.248 e. The maximum Gasteiger partial charge on any atom is 0.248 e. The van der Waals surface area contributed by atoms with Crippen molar-refractivity contribution >= 4 is 11.4 Å². The van der Waals surface area contributed by atoms with E-state index in [2.05, 4.69) is 10.2 Å².